The summed E-state index contributed by atoms with van der Waals surface area (Å²) in [5.74, 6) is 0.894. The summed E-state index contributed by atoms with van der Waals surface area (Å²) < 4.78 is 5.01. The zero-order valence-corrected chi connectivity index (χ0v) is 11.5. The summed E-state index contributed by atoms with van der Waals surface area (Å²) in [6.45, 7) is 4.58. The Kier molecular flexibility index (Phi) is 5.03. The zero-order valence-electron chi connectivity index (χ0n) is 10.7. The molecule has 3 heterocycles. The van der Waals surface area contributed by atoms with Crippen LogP contribution >= 0.6 is 12.4 Å². The molecule has 1 aromatic heterocycles. The first kappa shape index (κ1) is 13.8. The second-order valence-corrected chi connectivity index (χ2v) is 5.30. The third-order valence-electron chi connectivity index (χ3n) is 4.17. The molecule has 1 N–H and O–H groups in total. The predicted octanol–water partition coefficient (Wildman–Crippen LogP) is 2.06. The number of rotatable bonds is 3. The number of hydrogen-bond acceptors (Lipinski definition) is 4. The van der Waals surface area contributed by atoms with E-state index in [4.69, 9.17) is 4.42 Å². The van der Waals surface area contributed by atoms with Crippen LogP contribution in [0.15, 0.2) is 17.1 Å². The van der Waals surface area contributed by atoms with Crippen LogP contribution in [0.5, 0.6) is 0 Å². The number of piperidine rings is 1. The minimum Gasteiger partial charge on any atom is -0.451 e. The Morgan fingerprint density at radius 3 is 2.78 bits per heavy atom. The van der Waals surface area contributed by atoms with Crippen LogP contribution in [-0.4, -0.2) is 35.6 Å². The molecule has 0 aliphatic carbocycles. The second kappa shape index (κ2) is 6.55. The highest BCUT2D eigenvalue weighted by Crippen LogP contribution is 2.26. The Morgan fingerprint density at radius 1 is 1.33 bits per heavy atom. The fourth-order valence-corrected chi connectivity index (χ4v) is 3.17. The fourth-order valence-electron chi connectivity index (χ4n) is 3.17. The third-order valence-corrected chi connectivity index (χ3v) is 4.17. The Hall–Kier alpha value is -0.580. The fraction of sp³-hybridized carbons (Fsp3) is 0.769. The van der Waals surface area contributed by atoms with Gasteiger partial charge in [-0.2, -0.15) is 0 Å². The monoisotopic (exact) mass is 271 g/mol. The van der Waals surface area contributed by atoms with Crippen molar-refractivity contribution in [2.24, 2.45) is 5.92 Å². The Labute approximate surface area is 115 Å². The van der Waals surface area contributed by atoms with Crippen LogP contribution in [0.2, 0.25) is 0 Å². The van der Waals surface area contributed by atoms with Crippen LogP contribution in [0, 0.1) is 5.92 Å². The van der Waals surface area contributed by atoms with E-state index in [9.17, 15) is 0 Å². The topological polar surface area (TPSA) is 41.3 Å². The minimum absolute atomic E-state index is 0. The van der Waals surface area contributed by atoms with E-state index in [2.05, 4.69) is 15.2 Å². The van der Waals surface area contributed by atoms with Crippen LogP contribution in [0.25, 0.3) is 0 Å². The molecule has 2 aliphatic rings. The van der Waals surface area contributed by atoms with Crippen molar-refractivity contribution < 1.29 is 4.42 Å². The summed E-state index contributed by atoms with van der Waals surface area (Å²) in [7, 11) is 0. The zero-order chi connectivity index (χ0) is 11.5. The molecule has 0 bridgehead atoms. The molecule has 1 unspecified atom stereocenters. The summed E-state index contributed by atoms with van der Waals surface area (Å²) in [6, 6.07) is 0.796. The molecular formula is C13H22ClN3O. The molecule has 0 radical (unpaired) electrons. The number of nitrogens with one attached hydrogen (secondary N) is 1. The van der Waals surface area contributed by atoms with Crippen LogP contribution in [0.4, 0.5) is 0 Å². The molecule has 4 nitrogen and oxygen atoms in total. The number of nitrogens with zero attached hydrogens (tertiary/aromatic N) is 2. The third kappa shape index (κ3) is 3.25. The molecule has 0 aromatic carbocycles. The average molecular weight is 272 g/mol. The lowest BCUT2D eigenvalue weighted by atomic mass is 9.88. The van der Waals surface area contributed by atoms with Crippen molar-refractivity contribution >= 4 is 12.4 Å². The molecular weight excluding hydrogens is 250 g/mol. The predicted molar refractivity (Wildman–Crippen MR) is 72.8 cm³/mol. The van der Waals surface area contributed by atoms with Gasteiger partial charge in [-0.05, 0) is 51.2 Å². The van der Waals surface area contributed by atoms with E-state index in [0.29, 0.717) is 0 Å². The molecule has 2 aliphatic heterocycles. The van der Waals surface area contributed by atoms with Gasteiger partial charge in [0.05, 0.1) is 5.69 Å². The maximum Gasteiger partial charge on any atom is 0.180 e. The highest BCUT2D eigenvalue weighted by molar-refractivity contribution is 5.85. The molecule has 2 fully saturated rings. The number of hydrogen-bond donors (Lipinski definition) is 1. The van der Waals surface area contributed by atoms with Gasteiger partial charge in [0.15, 0.2) is 6.39 Å². The van der Waals surface area contributed by atoms with Gasteiger partial charge in [-0.3, -0.25) is 4.90 Å². The number of halogens is 1. The van der Waals surface area contributed by atoms with Gasteiger partial charge in [-0.1, -0.05) is 0 Å². The summed E-state index contributed by atoms with van der Waals surface area (Å²) in [4.78, 5) is 6.68. The van der Waals surface area contributed by atoms with E-state index in [1.54, 1.807) is 6.26 Å². The molecule has 5 heteroatoms. The molecule has 1 aromatic rings. The molecule has 102 valence electrons. The highest BCUT2D eigenvalue weighted by Gasteiger charge is 2.28. The van der Waals surface area contributed by atoms with Crippen LogP contribution in [-0.2, 0) is 6.54 Å². The molecule has 0 amide bonds. The summed E-state index contributed by atoms with van der Waals surface area (Å²) >= 11 is 0. The maximum atomic E-state index is 5.01. The van der Waals surface area contributed by atoms with E-state index in [0.717, 1.165) is 24.2 Å². The van der Waals surface area contributed by atoms with Crippen molar-refractivity contribution in [3.05, 3.63) is 18.4 Å². The molecule has 1 atom stereocenters. The van der Waals surface area contributed by atoms with Crippen molar-refractivity contribution in [3.8, 4) is 0 Å². The number of likely N-dealkylation sites (tertiary alicyclic amines) is 1. The molecule has 0 saturated carbocycles. The average Bonchev–Trinajstić information content (AvgIpc) is 3.01. The van der Waals surface area contributed by atoms with Gasteiger partial charge < -0.3 is 9.73 Å². The summed E-state index contributed by atoms with van der Waals surface area (Å²) in [5, 5.41) is 3.64. The van der Waals surface area contributed by atoms with Crippen molar-refractivity contribution in [2.75, 3.05) is 19.6 Å². The molecule has 18 heavy (non-hydrogen) atoms. The lowest BCUT2D eigenvalue weighted by Gasteiger charge is -2.34. The van der Waals surface area contributed by atoms with Crippen LogP contribution in [0.1, 0.15) is 31.4 Å². The van der Waals surface area contributed by atoms with Gasteiger partial charge in [0.25, 0.3) is 0 Å². The molecule has 0 spiro atoms. The van der Waals surface area contributed by atoms with Crippen LogP contribution < -0.4 is 5.32 Å². The van der Waals surface area contributed by atoms with Crippen molar-refractivity contribution in [1.29, 1.82) is 0 Å². The van der Waals surface area contributed by atoms with E-state index in [1.165, 1.54) is 51.7 Å². The normalized spacial score (nSPS) is 26.1. The maximum absolute atomic E-state index is 5.01. The smallest absolute Gasteiger partial charge is 0.180 e. The summed E-state index contributed by atoms with van der Waals surface area (Å²) in [5.41, 5.74) is 1.06. The quantitative estimate of drug-likeness (QED) is 0.914. The summed E-state index contributed by atoms with van der Waals surface area (Å²) in [6.07, 6.45) is 8.68. The second-order valence-electron chi connectivity index (χ2n) is 5.30. The standard InChI is InChI=1S/C13H21N3O.ClH/c1-2-13(14-5-1)11-3-6-16(7-4-11)8-12-9-17-10-15-12;/h9-11,13-14H,1-8H2;1H. The highest BCUT2D eigenvalue weighted by atomic mass is 35.5. The molecule has 3 rings (SSSR count). The van der Waals surface area contributed by atoms with Gasteiger partial charge in [0.2, 0.25) is 0 Å². The Bertz CT molecular complexity index is 330. The van der Waals surface area contributed by atoms with Gasteiger partial charge in [-0.15, -0.1) is 12.4 Å². The lowest BCUT2D eigenvalue weighted by molar-refractivity contribution is 0.156. The SMILES string of the molecule is Cl.c1nc(CN2CCC(C3CCCN3)CC2)co1. The van der Waals surface area contributed by atoms with E-state index >= 15 is 0 Å². The minimum atomic E-state index is 0. The first-order valence-corrected chi connectivity index (χ1v) is 6.74. The Morgan fingerprint density at radius 2 is 2.17 bits per heavy atom. The first-order valence-electron chi connectivity index (χ1n) is 6.74. The molecule has 2 saturated heterocycles. The van der Waals surface area contributed by atoms with Gasteiger partial charge in [0, 0.05) is 12.6 Å². The largest absolute Gasteiger partial charge is 0.451 e. The van der Waals surface area contributed by atoms with E-state index in [-0.39, 0.29) is 12.4 Å². The van der Waals surface area contributed by atoms with Crippen LogP contribution in [0.3, 0.4) is 0 Å². The van der Waals surface area contributed by atoms with E-state index in [1.807, 2.05) is 0 Å². The van der Waals surface area contributed by atoms with Gasteiger partial charge in [-0.25, -0.2) is 4.98 Å². The number of aromatic nitrogens is 1. The van der Waals surface area contributed by atoms with Crippen molar-refractivity contribution in [3.63, 3.8) is 0 Å². The Balaban J connectivity index is 0.00000120. The van der Waals surface area contributed by atoms with E-state index < -0.39 is 0 Å². The first-order chi connectivity index (χ1) is 8.42. The number of oxazole rings is 1. The van der Waals surface area contributed by atoms with Gasteiger partial charge in [0.1, 0.15) is 6.26 Å². The van der Waals surface area contributed by atoms with Crippen molar-refractivity contribution in [2.45, 2.75) is 38.3 Å². The van der Waals surface area contributed by atoms with Crippen molar-refractivity contribution in [1.82, 2.24) is 15.2 Å². The van der Waals surface area contributed by atoms with Gasteiger partial charge >= 0.3 is 0 Å². The lowest BCUT2D eigenvalue weighted by Crippen LogP contribution is -2.40.